The van der Waals surface area contributed by atoms with Gasteiger partial charge in [0.15, 0.2) is 0 Å². The third-order valence-corrected chi connectivity index (χ3v) is 4.79. The van der Waals surface area contributed by atoms with E-state index in [0.29, 0.717) is 6.07 Å². The van der Waals surface area contributed by atoms with Crippen molar-refractivity contribution in [1.29, 1.82) is 0 Å². The van der Waals surface area contributed by atoms with Crippen LogP contribution in [0.15, 0.2) is 40.9 Å². The number of aryl methyl sites for hydroxylation is 1. The molecule has 0 radical (unpaired) electrons. The highest BCUT2D eigenvalue weighted by Gasteiger charge is 2.82. The van der Waals surface area contributed by atoms with Crippen molar-refractivity contribution >= 4 is 15.9 Å². The lowest BCUT2D eigenvalue weighted by Crippen LogP contribution is -2.60. The van der Waals surface area contributed by atoms with Gasteiger partial charge in [-0.25, -0.2) is 4.39 Å². The Morgan fingerprint density at radius 1 is 0.828 bits per heavy atom. The van der Waals surface area contributed by atoms with E-state index in [4.69, 9.17) is 4.74 Å². The fourth-order valence-corrected chi connectivity index (χ4v) is 3.62. The summed E-state index contributed by atoms with van der Waals surface area (Å²) in [6.45, 7) is 1.13. The number of rotatable bonds is 4. The molecule has 1 nitrogen and oxygen atoms in total. The lowest BCUT2D eigenvalue weighted by molar-refractivity contribution is -0.389. The molecule has 0 bridgehead atoms. The van der Waals surface area contributed by atoms with Crippen LogP contribution in [0.5, 0.6) is 5.75 Å². The van der Waals surface area contributed by atoms with Crippen LogP contribution in [0.2, 0.25) is 0 Å². The summed E-state index contributed by atoms with van der Waals surface area (Å²) in [5, 5.41) is 0. The summed E-state index contributed by atoms with van der Waals surface area (Å²) in [5.74, 6) is -6.93. The minimum atomic E-state index is -6.81. The second-order valence-electron chi connectivity index (χ2n) is 6.10. The largest absolute Gasteiger partial charge is 0.496 e. The standard InChI is InChI=1S/C18H12BrF9O/c1-9-7-11(15(20,17(23,24)25)16(21,22)18(26,27)28)14(12(19)8-9)10-5-3-4-6-13(10)29-2/h3-8H,1-2H3. The third-order valence-electron chi connectivity index (χ3n) is 4.16. The van der Waals surface area contributed by atoms with Gasteiger partial charge in [-0.2, -0.15) is 35.1 Å². The minimum Gasteiger partial charge on any atom is -0.496 e. The molecule has 0 aromatic heterocycles. The topological polar surface area (TPSA) is 9.23 Å². The van der Waals surface area contributed by atoms with Gasteiger partial charge in [-0.05, 0) is 24.6 Å². The molecular weight excluding hydrogens is 483 g/mol. The summed E-state index contributed by atoms with van der Waals surface area (Å²) in [7, 11) is 1.11. The van der Waals surface area contributed by atoms with E-state index >= 15 is 4.39 Å². The number of benzene rings is 2. The van der Waals surface area contributed by atoms with E-state index in [0.717, 1.165) is 26.2 Å². The second-order valence-corrected chi connectivity index (χ2v) is 6.95. The average Bonchev–Trinajstić information content (AvgIpc) is 2.58. The van der Waals surface area contributed by atoms with E-state index in [1.807, 2.05) is 0 Å². The van der Waals surface area contributed by atoms with Gasteiger partial charge in [0.2, 0.25) is 0 Å². The third kappa shape index (κ3) is 3.69. The van der Waals surface area contributed by atoms with Gasteiger partial charge < -0.3 is 4.74 Å². The van der Waals surface area contributed by atoms with Gasteiger partial charge in [-0.3, -0.25) is 0 Å². The Kier molecular flexibility index (Phi) is 5.97. The predicted molar refractivity (Wildman–Crippen MR) is 90.7 cm³/mol. The van der Waals surface area contributed by atoms with E-state index in [2.05, 4.69) is 15.9 Å². The van der Waals surface area contributed by atoms with Gasteiger partial charge >= 0.3 is 23.9 Å². The van der Waals surface area contributed by atoms with Gasteiger partial charge in [-0.1, -0.05) is 40.2 Å². The molecule has 0 aliphatic rings. The van der Waals surface area contributed by atoms with E-state index in [1.54, 1.807) is 0 Å². The first-order valence-corrected chi connectivity index (χ1v) is 8.53. The molecule has 29 heavy (non-hydrogen) atoms. The highest BCUT2D eigenvalue weighted by Crippen LogP contribution is 2.60. The van der Waals surface area contributed by atoms with Crippen LogP contribution in [0.3, 0.4) is 0 Å². The normalized spacial score (nSPS) is 15.2. The first kappa shape index (κ1) is 23.4. The van der Waals surface area contributed by atoms with Crippen molar-refractivity contribution in [3.8, 4) is 16.9 Å². The quantitative estimate of drug-likeness (QED) is 0.403. The maximum absolute atomic E-state index is 15.2. The highest BCUT2D eigenvalue weighted by atomic mass is 79.9. The molecule has 0 saturated carbocycles. The molecule has 0 saturated heterocycles. The molecule has 160 valence electrons. The molecular formula is C18H12BrF9O. The van der Waals surface area contributed by atoms with E-state index < -0.39 is 35.1 Å². The number of para-hydroxylation sites is 1. The molecule has 2 rings (SSSR count). The lowest BCUT2D eigenvalue weighted by Gasteiger charge is -2.37. The molecule has 0 N–H and O–H groups in total. The van der Waals surface area contributed by atoms with Crippen LogP contribution >= 0.6 is 15.9 Å². The zero-order chi connectivity index (χ0) is 22.4. The van der Waals surface area contributed by atoms with Crippen molar-refractivity contribution in [3.05, 3.63) is 52.0 Å². The van der Waals surface area contributed by atoms with Crippen molar-refractivity contribution in [2.75, 3.05) is 7.11 Å². The number of halogens is 10. The first-order valence-electron chi connectivity index (χ1n) is 7.73. The van der Waals surface area contributed by atoms with Crippen molar-refractivity contribution in [3.63, 3.8) is 0 Å². The van der Waals surface area contributed by atoms with Crippen LogP contribution in [0.1, 0.15) is 11.1 Å². The zero-order valence-electron chi connectivity index (χ0n) is 14.7. The Morgan fingerprint density at radius 2 is 1.38 bits per heavy atom. The Bertz CT molecular complexity index is 905. The molecule has 2 aromatic rings. The van der Waals surface area contributed by atoms with E-state index in [-0.39, 0.29) is 21.3 Å². The molecule has 0 aliphatic carbocycles. The lowest BCUT2D eigenvalue weighted by atomic mass is 9.81. The summed E-state index contributed by atoms with van der Waals surface area (Å²) in [6.07, 6.45) is -13.4. The van der Waals surface area contributed by atoms with Crippen molar-refractivity contribution in [1.82, 2.24) is 0 Å². The van der Waals surface area contributed by atoms with Crippen LogP contribution < -0.4 is 4.74 Å². The van der Waals surface area contributed by atoms with Crippen molar-refractivity contribution in [2.24, 2.45) is 0 Å². The van der Waals surface area contributed by atoms with Crippen LogP contribution in [0.25, 0.3) is 11.1 Å². The minimum absolute atomic E-state index is 0.154. The summed E-state index contributed by atoms with van der Waals surface area (Å²) in [4.78, 5) is 0. The number of hydrogen-bond donors (Lipinski definition) is 0. The molecule has 2 aromatic carbocycles. The second kappa shape index (κ2) is 7.41. The molecule has 1 unspecified atom stereocenters. The van der Waals surface area contributed by atoms with Gasteiger partial charge in [0.25, 0.3) is 0 Å². The van der Waals surface area contributed by atoms with Crippen LogP contribution in [-0.2, 0) is 5.67 Å². The van der Waals surface area contributed by atoms with Crippen molar-refractivity contribution in [2.45, 2.75) is 30.9 Å². The van der Waals surface area contributed by atoms with Gasteiger partial charge in [0, 0.05) is 21.2 Å². The summed E-state index contributed by atoms with van der Waals surface area (Å²) < 4.78 is 127. The smallest absolute Gasteiger partial charge is 0.457 e. The fourth-order valence-electron chi connectivity index (χ4n) is 2.83. The molecule has 0 fully saturated rings. The fraction of sp³-hybridized carbons (Fsp3) is 0.333. The number of alkyl halides is 9. The molecule has 1 atom stereocenters. The maximum atomic E-state index is 15.2. The predicted octanol–water partition coefficient (Wildman–Crippen LogP) is 7.36. The zero-order valence-corrected chi connectivity index (χ0v) is 16.2. The van der Waals surface area contributed by atoms with Crippen LogP contribution in [0, 0.1) is 6.92 Å². The number of methoxy groups -OCH3 is 1. The molecule has 0 spiro atoms. The maximum Gasteiger partial charge on any atom is 0.457 e. The summed E-state index contributed by atoms with van der Waals surface area (Å²) in [5.41, 5.74) is -9.26. The van der Waals surface area contributed by atoms with Gasteiger partial charge in [0.1, 0.15) is 5.75 Å². The monoisotopic (exact) mass is 494 g/mol. The number of ether oxygens (including phenoxy) is 1. The van der Waals surface area contributed by atoms with Crippen LogP contribution in [0.4, 0.5) is 39.5 Å². The summed E-state index contributed by atoms with van der Waals surface area (Å²) in [6, 6.07) is 6.50. The molecule has 0 amide bonds. The molecule has 0 aliphatic heterocycles. The van der Waals surface area contributed by atoms with Gasteiger partial charge in [-0.15, -0.1) is 0 Å². The first-order chi connectivity index (χ1) is 13.1. The highest BCUT2D eigenvalue weighted by molar-refractivity contribution is 9.10. The Balaban J connectivity index is 3.05. The average molecular weight is 495 g/mol. The Morgan fingerprint density at radius 3 is 1.86 bits per heavy atom. The van der Waals surface area contributed by atoms with E-state index in [1.165, 1.54) is 18.2 Å². The molecule has 0 heterocycles. The number of hydrogen-bond acceptors (Lipinski definition) is 1. The SMILES string of the molecule is COc1ccccc1-c1c(Br)cc(C)cc1C(F)(C(F)(F)F)C(F)(F)C(F)(F)F. The van der Waals surface area contributed by atoms with Crippen molar-refractivity contribution < 1.29 is 44.3 Å². The van der Waals surface area contributed by atoms with E-state index in [9.17, 15) is 35.1 Å². The molecule has 11 heteroatoms. The van der Waals surface area contributed by atoms with Gasteiger partial charge in [0.05, 0.1) is 7.11 Å². The Hall–Kier alpha value is -1.91. The van der Waals surface area contributed by atoms with Crippen LogP contribution in [-0.4, -0.2) is 25.4 Å². The Labute approximate surface area is 167 Å². The summed E-state index contributed by atoms with van der Waals surface area (Å²) >= 11 is 2.86.